The van der Waals surface area contributed by atoms with Crippen molar-refractivity contribution in [3.05, 3.63) is 106 Å². The third kappa shape index (κ3) is 5.08. The van der Waals surface area contributed by atoms with Crippen molar-refractivity contribution in [2.75, 3.05) is 13.1 Å². The molecule has 0 N–H and O–H groups in total. The van der Waals surface area contributed by atoms with Crippen molar-refractivity contribution in [3.63, 3.8) is 0 Å². The van der Waals surface area contributed by atoms with E-state index in [0.29, 0.717) is 29.2 Å². The minimum absolute atomic E-state index is 0.125. The molecule has 0 radical (unpaired) electrons. The molecule has 2 atom stereocenters. The maximum Gasteiger partial charge on any atom is 0.126 e. The number of halogens is 4. The number of alkyl halides is 1. The summed E-state index contributed by atoms with van der Waals surface area (Å²) in [6, 6.07) is 20.2. The predicted octanol–water partition coefficient (Wildman–Crippen LogP) is 7.04. The minimum atomic E-state index is -1.66. The van der Waals surface area contributed by atoms with Gasteiger partial charge in [0.25, 0.3) is 0 Å². The van der Waals surface area contributed by atoms with Crippen molar-refractivity contribution in [1.29, 1.82) is 5.26 Å². The molecule has 0 amide bonds. The van der Waals surface area contributed by atoms with Crippen molar-refractivity contribution in [1.82, 2.24) is 4.90 Å². The molecule has 2 nitrogen and oxygen atoms in total. The predicted molar refractivity (Wildman–Crippen MR) is 124 cm³/mol. The summed E-state index contributed by atoms with van der Waals surface area (Å²) in [7, 11) is 0. The third-order valence-corrected chi connectivity index (χ3v) is 6.53. The molecule has 170 valence electrons. The highest BCUT2D eigenvalue weighted by atomic mass is 35.5. The smallest absolute Gasteiger partial charge is 0.126 e. The molecule has 0 spiro atoms. The molecule has 0 aliphatic carbocycles. The topological polar surface area (TPSA) is 27.0 Å². The maximum absolute atomic E-state index is 15.3. The molecule has 0 bridgehead atoms. The summed E-state index contributed by atoms with van der Waals surface area (Å²) in [4.78, 5) is 2.19. The second-order valence-electron chi connectivity index (χ2n) is 9.15. The van der Waals surface area contributed by atoms with Crippen LogP contribution < -0.4 is 0 Å². The SMILES string of the molecule is CC(C)(F)[C@H](c1cc(F)cc(F)c1)C1CN([C@@H](c2ccc(Cl)cc2)c2cccc(C#N)c2)C1. The molecule has 0 aromatic heterocycles. The van der Waals surface area contributed by atoms with Crippen LogP contribution in [0.25, 0.3) is 0 Å². The van der Waals surface area contributed by atoms with E-state index in [2.05, 4.69) is 11.0 Å². The van der Waals surface area contributed by atoms with Gasteiger partial charge in [-0.2, -0.15) is 5.26 Å². The summed E-state index contributed by atoms with van der Waals surface area (Å²) in [5, 5.41) is 9.97. The van der Waals surface area contributed by atoms with E-state index < -0.39 is 23.2 Å². The van der Waals surface area contributed by atoms with Crippen molar-refractivity contribution in [2.45, 2.75) is 31.5 Å². The Morgan fingerprint density at radius 2 is 1.58 bits per heavy atom. The summed E-state index contributed by atoms with van der Waals surface area (Å²) < 4.78 is 43.1. The van der Waals surface area contributed by atoms with Crippen molar-refractivity contribution in [3.8, 4) is 6.07 Å². The van der Waals surface area contributed by atoms with Gasteiger partial charge in [0.2, 0.25) is 0 Å². The lowest BCUT2D eigenvalue weighted by atomic mass is 9.72. The fourth-order valence-corrected chi connectivity index (χ4v) is 5.12. The highest BCUT2D eigenvalue weighted by Crippen LogP contribution is 2.45. The highest BCUT2D eigenvalue weighted by molar-refractivity contribution is 6.30. The molecule has 0 unspecified atom stereocenters. The van der Waals surface area contributed by atoms with E-state index in [9.17, 15) is 14.0 Å². The largest absolute Gasteiger partial charge is 0.292 e. The Labute approximate surface area is 197 Å². The third-order valence-electron chi connectivity index (χ3n) is 6.28. The Kier molecular flexibility index (Phi) is 6.52. The van der Waals surface area contributed by atoms with E-state index in [-0.39, 0.29) is 12.0 Å². The molecule has 6 heteroatoms. The van der Waals surface area contributed by atoms with E-state index in [1.807, 2.05) is 42.5 Å². The van der Waals surface area contributed by atoms with Crippen LogP contribution in [0.3, 0.4) is 0 Å². The Hall–Kier alpha value is -2.81. The molecule has 0 saturated carbocycles. The van der Waals surface area contributed by atoms with Gasteiger partial charge in [0.1, 0.15) is 17.3 Å². The number of nitrogens with zero attached hydrogens (tertiary/aromatic N) is 2. The molecular weight excluding hydrogens is 445 g/mol. The lowest BCUT2D eigenvalue weighted by Gasteiger charge is -2.50. The van der Waals surface area contributed by atoms with Crippen molar-refractivity contribution in [2.24, 2.45) is 5.92 Å². The van der Waals surface area contributed by atoms with Crippen LogP contribution >= 0.6 is 11.6 Å². The average Bonchev–Trinajstić information content (AvgIpc) is 2.72. The number of nitriles is 1. The van der Waals surface area contributed by atoms with Crippen LogP contribution in [0.4, 0.5) is 13.2 Å². The monoisotopic (exact) mass is 468 g/mol. The molecule has 1 saturated heterocycles. The Morgan fingerprint density at radius 1 is 0.939 bits per heavy atom. The van der Waals surface area contributed by atoms with Gasteiger partial charge in [-0.25, -0.2) is 13.2 Å². The molecule has 3 aromatic carbocycles. The van der Waals surface area contributed by atoms with E-state index >= 15 is 4.39 Å². The van der Waals surface area contributed by atoms with E-state index in [1.165, 1.54) is 26.0 Å². The Balaban J connectivity index is 1.65. The van der Waals surface area contributed by atoms with Crippen molar-refractivity contribution < 1.29 is 13.2 Å². The fraction of sp³-hybridized carbons (Fsp3) is 0.296. The Morgan fingerprint density at radius 3 is 2.15 bits per heavy atom. The van der Waals surface area contributed by atoms with Gasteiger partial charge in [-0.1, -0.05) is 35.9 Å². The van der Waals surface area contributed by atoms with Crippen LogP contribution in [-0.4, -0.2) is 23.7 Å². The molecule has 3 aromatic rings. The van der Waals surface area contributed by atoms with Gasteiger partial charge in [0, 0.05) is 30.1 Å². The standard InChI is InChI=1S/C27H24ClF3N2/c1-27(2,31)25(20-11-23(29)13-24(30)12-20)21-15-33(16-21)26(18-6-8-22(28)9-7-18)19-5-3-4-17(10-19)14-32/h3-13,21,25-26H,15-16H2,1-2H3/t25-,26+/m1/s1. The molecule has 1 aliphatic rings. The van der Waals surface area contributed by atoms with Crippen LogP contribution in [0.5, 0.6) is 0 Å². The van der Waals surface area contributed by atoms with Crippen molar-refractivity contribution >= 4 is 11.6 Å². The zero-order valence-electron chi connectivity index (χ0n) is 18.4. The number of hydrogen-bond donors (Lipinski definition) is 0. The van der Waals surface area contributed by atoms with Gasteiger partial charge in [-0.15, -0.1) is 0 Å². The second-order valence-corrected chi connectivity index (χ2v) is 9.59. The van der Waals surface area contributed by atoms with Gasteiger partial charge < -0.3 is 0 Å². The first-order valence-electron chi connectivity index (χ1n) is 10.8. The van der Waals surface area contributed by atoms with E-state index in [0.717, 1.165) is 17.2 Å². The van der Waals surface area contributed by atoms with Gasteiger partial charge in [0.05, 0.1) is 17.7 Å². The van der Waals surface area contributed by atoms with Gasteiger partial charge in [-0.05, 0) is 72.9 Å². The van der Waals surface area contributed by atoms with Crippen LogP contribution in [-0.2, 0) is 0 Å². The molecule has 1 aliphatic heterocycles. The van der Waals surface area contributed by atoms with Crippen LogP contribution in [0.2, 0.25) is 5.02 Å². The lowest BCUT2D eigenvalue weighted by Crippen LogP contribution is -2.53. The van der Waals surface area contributed by atoms with Crippen LogP contribution in [0.1, 0.15) is 48.1 Å². The number of benzene rings is 3. The second kappa shape index (κ2) is 9.21. The summed E-state index contributed by atoms with van der Waals surface area (Å²) >= 11 is 6.09. The summed E-state index contributed by atoms with van der Waals surface area (Å²) in [5.41, 5.74) is 1.18. The maximum atomic E-state index is 15.3. The molecular formula is C27H24ClF3N2. The zero-order valence-corrected chi connectivity index (χ0v) is 19.2. The number of rotatable bonds is 6. The quantitative estimate of drug-likeness (QED) is 0.388. The minimum Gasteiger partial charge on any atom is -0.292 e. The number of likely N-dealkylation sites (tertiary alicyclic amines) is 1. The zero-order chi connectivity index (χ0) is 23.8. The highest BCUT2D eigenvalue weighted by Gasteiger charge is 2.45. The summed E-state index contributed by atoms with van der Waals surface area (Å²) in [6.07, 6.45) is 0. The van der Waals surface area contributed by atoms with Crippen LogP contribution in [0, 0.1) is 28.9 Å². The first kappa shape index (κ1) is 23.4. The normalized spacial score (nSPS) is 16.6. The van der Waals surface area contributed by atoms with Gasteiger partial charge in [0.15, 0.2) is 0 Å². The van der Waals surface area contributed by atoms with Gasteiger partial charge >= 0.3 is 0 Å². The fourth-order valence-electron chi connectivity index (χ4n) is 4.99. The summed E-state index contributed by atoms with van der Waals surface area (Å²) in [5.74, 6) is -2.19. The Bertz CT molecular complexity index is 1150. The summed E-state index contributed by atoms with van der Waals surface area (Å²) in [6.45, 7) is 3.99. The first-order chi connectivity index (χ1) is 15.7. The van der Waals surface area contributed by atoms with E-state index in [4.69, 9.17) is 11.6 Å². The molecule has 1 heterocycles. The van der Waals surface area contributed by atoms with Crippen LogP contribution in [0.15, 0.2) is 66.7 Å². The van der Waals surface area contributed by atoms with E-state index in [1.54, 1.807) is 6.07 Å². The molecule has 4 rings (SSSR count). The molecule has 1 fully saturated rings. The average molecular weight is 469 g/mol. The first-order valence-corrected chi connectivity index (χ1v) is 11.2. The molecule has 33 heavy (non-hydrogen) atoms. The lowest BCUT2D eigenvalue weighted by molar-refractivity contribution is 0.00804. The number of hydrogen-bond acceptors (Lipinski definition) is 2. The van der Waals surface area contributed by atoms with Gasteiger partial charge in [-0.3, -0.25) is 4.90 Å².